The van der Waals surface area contributed by atoms with Gasteiger partial charge in [0.05, 0.1) is 17.2 Å². The first-order valence-corrected chi connectivity index (χ1v) is 8.60. The Hall–Kier alpha value is -3.18. The Kier molecular flexibility index (Phi) is 5.23. The molecule has 0 fully saturated rings. The van der Waals surface area contributed by atoms with Crippen LogP contribution in [-0.4, -0.2) is 10.9 Å². The van der Waals surface area contributed by atoms with Gasteiger partial charge in [0.15, 0.2) is 5.13 Å². The number of hydrogen-bond donors (Lipinski definition) is 1. The molecular weight excluding hydrogens is 375 g/mol. The lowest BCUT2D eigenvalue weighted by Crippen LogP contribution is -2.11. The number of nitrogens with one attached hydrogen (secondary N) is 1. The lowest BCUT2D eigenvalue weighted by molar-refractivity contribution is -0.138. The smallest absolute Gasteiger partial charge is 0.298 e. The minimum atomic E-state index is -4.56. The SMILES string of the molecule is N#Cc1ccc(Cc2cnc(NC(=O)c3ccccc3)s2)c(C(F)(F)F)c1. The number of nitrogens with zero attached hydrogens (tertiary/aromatic N) is 2. The van der Waals surface area contributed by atoms with Gasteiger partial charge in [0.25, 0.3) is 5.91 Å². The maximum absolute atomic E-state index is 13.3. The van der Waals surface area contributed by atoms with E-state index in [0.717, 1.165) is 17.4 Å². The topological polar surface area (TPSA) is 65.8 Å². The van der Waals surface area contributed by atoms with E-state index < -0.39 is 11.7 Å². The standard InChI is InChI=1S/C19H12F3N3OS/c20-19(21,22)16-8-12(10-23)6-7-14(16)9-15-11-24-18(27-15)25-17(26)13-4-2-1-3-5-13/h1-8,11H,9H2,(H,24,25,26). The van der Waals surface area contributed by atoms with Gasteiger partial charge in [-0.3, -0.25) is 10.1 Å². The van der Waals surface area contributed by atoms with E-state index in [2.05, 4.69) is 10.3 Å². The average Bonchev–Trinajstić information content (AvgIpc) is 3.08. The average molecular weight is 387 g/mol. The molecule has 4 nitrogen and oxygen atoms in total. The molecule has 1 heterocycles. The van der Waals surface area contributed by atoms with Gasteiger partial charge in [-0.15, -0.1) is 11.3 Å². The highest BCUT2D eigenvalue weighted by Gasteiger charge is 2.33. The Balaban J connectivity index is 1.78. The molecule has 3 aromatic rings. The van der Waals surface area contributed by atoms with E-state index >= 15 is 0 Å². The molecule has 1 N–H and O–H groups in total. The largest absolute Gasteiger partial charge is 0.416 e. The Bertz CT molecular complexity index is 1010. The Labute approximate surface area is 156 Å². The van der Waals surface area contributed by atoms with Crippen molar-refractivity contribution in [1.82, 2.24) is 4.98 Å². The second-order valence-corrected chi connectivity index (χ2v) is 6.73. The number of aromatic nitrogens is 1. The van der Waals surface area contributed by atoms with E-state index in [1.165, 1.54) is 18.3 Å². The van der Waals surface area contributed by atoms with Gasteiger partial charge in [0.1, 0.15) is 0 Å². The number of benzene rings is 2. The van der Waals surface area contributed by atoms with Crippen LogP contribution in [-0.2, 0) is 12.6 Å². The highest BCUT2D eigenvalue weighted by Crippen LogP contribution is 2.34. The first kappa shape index (κ1) is 18.6. The van der Waals surface area contributed by atoms with Gasteiger partial charge in [0.2, 0.25) is 0 Å². The van der Waals surface area contributed by atoms with Crippen LogP contribution in [0.3, 0.4) is 0 Å². The molecule has 1 amide bonds. The number of amides is 1. The molecule has 136 valence electrons. The van der Waals surface area contributed by atoms with Gasteiger partial charge in [-0.05, 0) is 29.8 Å². The van der Waals surface area contributed by atoms with Crippen LogP contribution in [0.2, 0.25) is 0 Å². The Morgan fingerprint density at radius 3 is 2.59 bits per heavy atom. The third kappa shape index (κ3) is 4.51. The zero-order chi connectivity index (χ0) is 19.4. The molecule has 0 aliphatic heterocycles. The normalized spacial score (nSPS) is 11.0. The Morgan fingerprint density at radius 2 is 1.93 bits per heavy atom. The van der Waals surface area contributed by atoms with Crippen molar-refractivity contribution in [1.29, 1.82) is 5.26 Å². The third-order valence-electron chi connectivity index (χ3n) is 3.72. The van der Waals surface area contributed by atoms with Crippen molar-refractivity contribution in [2.24, 2.45) is 0 Å². The maximum atomic E-state index is 13.3. The monoisotopic (exact) mass is 387 g/mol. The quantitative estimate of drug-likeness (QED) is 0.694. The third-order valence-corrected chi connectivity index (χ3v) is 4.63. The molecule has 0 aliphatic carbocycles. The van der Waals surface area contributed by atoms with E-state index in [4.69, 9.17) is 5.26 Å². The molecule has 0 saturated heterocycles. The number of thiazole rings is 1. The highest BCUT2D eigenvalue weighted by molar-refractivity contribution is 7.15. The second kappa shape index (κ2) is 7.60. The van der Waals surface area contributed by atoms with Crippen LogP contribution in [0.25, 0.3) is 0 Å². The van der Waals surface area contributed by atoms with Crippen molar-refractivity contribution >= 4 is 22.4 Å². The van der Waals surface area contributed by atoms with Gasteiger partial charge in [-0.2, -0.15) is 18.4 Å². The fourth-order valence-electron chi connectivity index (χ4n) is 2.46. The number of nitriles is 1. The molecule has 0 spiro atoms. The zero-order valence-electron chi connectivity index (χ0n) is 13.7. The summed E-state index contributed by atoms with van der Waals surface area (Å²) < 4.78 is 39.8. The predicted octanol–water partition coefficient (Wildman–Crippen LogP) is 4.88. The maximum Gasteiger partial charge on any atom is 0.416 e. The van der Waals surface area contributed by atoms with Crippen molar-refractivity contribution in [3.05, 3.63) is 81.9 Å². The van der Waals surface area contributed by atoms with Crippen LogP contribution in [0, 0.1) is 11.3 Å². The van der Waals surface area contributed by atoms with Gasteiger partial charge < -0.3 is 0 Å². The fraction of sp³-hybridized carbons (Fsp3) is 0.105. The number of halogens is 3. The van der Waals surface area contributed by atoms with E-state index in [0.29, 0.717) is 15.6 Å². The second-order valence-electron chi connectivity index (χ2n) is 5.61. The number of hydrogen-bond acceptors (Lipinski definition) is 4. The minimum absolute atomic E-state index is 0.000569. The fourth-order valence-corrected chi connectivity index (χ4v) is 3.29. The van der Waals surface area contributed by atoms with E-state index in [9.17, 15) is 18.0 Å². The van der Waals surface area contributed by atoms with Crippen molar-refractivity contribution in [2.45, 2.75) is 12.6 Å². The molecule has 3 rings (SSSR count). The van der Waals surface area contributed by atoms with E-state index in [1.54, 1.807) is 36.4 Å². The summed E-state index contributed by atoms with van der Waals surface area (Å²) in [6.45, 7) is 0. The number of anilines is 1. The van der Waals surface area contributed by atoms with Gasteiger partial charge in [0, 0.05) is 23.1 Å². The summed E-state index contributed by atoms with van der Waals surface area (Å²) in [6, 6.07) is 13.7. The molecule has 0 aliphatic rings. The van der Waals surface area contributed by atoms with Crippen molar-refractivity contribution in [2.75, 3.05) is 5.32 Å². The molecule has 27 heavy (non-hydrogen) atoms. The molecule has 1 aromatic heterocycles. The Morgan fingerprint density at radius 1 is 1.19 bits per heavy atom. The number of carbonyl (C=O) groups excluding carboxylic acids is 1. The zero-order valence-corrected chi connectivity index (χ0v) is 14.6. The number of alkyl halides is 3. The molecule has 0 saturated carbocycles. The summed E-state index contributed by atoms with van der Waals surface area (Å²) in [7, 11) is 0. The molecule has 0 bridgehead atoms. The van der Waals surface area contributed by atoms with Gasteiger partial charge in [-0.25, -0.2) is 4.98 Å². The molecule has 0 unspecified atom stereocenters. The van der Waals surface area contributed by atoms with Crippen LogP contribution < -0.4 is 5.32 Å². The summed E-state index contributed by atoms with van der Waals surface area (Å²) in [4.78, 5) is 16.7. The predicted molar refractivity (Wildman–Crippen MR) is 95.5 cm³/mol. The van der Waals surface area contributed by atoms with Crippen molar-refractivity contribution in [3.63, 3.8) is 0 Å². The summed E-state index contributed by atoms with van der Waals surface area (Å²) in [5.41, 5.74) is -0.386. The van der Waals surface area contributed by atoms with Crippen LogP contribution >= 0.6 is 11.3 Å². The number of carbonyl (C=O) groups is 1. The van der Waals surface area contributed by atoms with Crippen LogP contribution in [0.15, 0.2) is 54.7 Å². The van der Waals surface area contributed by atoms with Crippen molar-refractivity contribution < 1.29 is 18.0 Å². The van der Waals surface area contributed by atoms with Gasteiger partial charge in [-0.1, -0.05) is 24.3 Å². The van der Waals surface area contributed by atoms with Crippen LogP contribution in [0.1, 0.15) is 31.9 Å². The first-order valence-electron chi connectivity index (χ1n) is 7.78. The van der Waals surface area contributed by atoms with Crippen LogP contribution in [0.5, 0.6) is 0 Å². The first-order chi connectivity index (χ1) is 12.9. The lowest BCUT2D eigenvalue weighted by Gasteiger charge is -2.12. The molecule has 8 heteroatoms. The summed E-state index contributed by atoms with van der Waals surface area (Å²) >= 11 is 1.10. The highest BCUT2D eigenvalue weighted by atomic mass is 32.1. The van der Waals surface area contributed by atoms with E-state index in [-0.39, 0.29) is 23.5 Å². The molecule has 2 aromatic carbocycles. The summed E-state index contributed by atoms with van der Waals surface area (Å²) in [5, 5.41) is 11.8. The number of rotatable bonds is 4. The summed E-state index contributed by atoms with van der Waals surface area (Å²) in [5.74, 6) is -0.342. The van der Waals surface area contributed by atoms with Gasteiger partial charge >= 0.3 is 6.18 Å². The van der Waals surface area contributed by atoms with Crippen molar-refractivity contribution in [3.8, 4) is 6.07 Å². The lowest BCUT2D eigenvalue weighted by atomic mass is 10.0. The molecular formula is C19H12F3N3OS. The van der Waals surface area contributed by atoms with Crippen LogP contribution in [0.4, 0.5) is 18.3 Å². The van der Waals surface area contributed by atoms with E-state index in [1.807, 2.05) is 0 Å². The molecule has 0 atom stereocenters. The molecule has 0 radical (unpaired) electrons. The summed E-state index contributed by atoms with van der Waals surface area (Å²) in [6.07, 6.45) is -3.12. The minimum Gasteiger partial charge on any atom is -0.298 e.